The molecular weight excluding hydrogens is 220 g/mol. The third kappa shape index (κ3) is 3.56. The van der Waals surface area contributed by atoms with Crippen LogP contribution in [0.5, 0.6) is 0 Å². The fourth-order valence-electron chi connectivity index (χ4n) is 2.12. The van der Waals surface area contributed by atoms with Crippen LogP contribution in [0.1, 0.15) is 32.1 Å². The van der Waals surface area contributed by atoms with E-state index < -0.39 is 0 Å². The molecule has 17 heavy (non-hydrogen) atoms. The zero-order chi connectivity index (χ0) is 12.1. The average molecular weight is 240 g/mol. The van der Waals surface area contributed by atoms with Crippen molar-refractivity contribution < 1.29 is 19.7 Å². The maximum Gasteiger partial charge on any atom is 0.180 e. The summed E-state index contributed by atoms with van der Waals surface area (Å²) < 4.78 is 11.4. The van der Waals surface area contributed by atoms with E-state index >= 15 is 0 Å². The van der Waals surface area contributed by atoms with E-state index in [2.05, 4.69) is 0 Å². The SMILES string of the molecule is OCCCCC1COC(C2=CC=C(O)CC2)O1. The molecule has 0 bridgehead atoms. The van der Waals surface area contributed by atoms with E-state index in [0.717, 1.165) is 31.3 Å². The molecule has 0 spiro atoms. The fourth-order valence-corrected chi connectivity index (χ4v) is 2.12. The molecule has 96 valence electrons. The van der Waals surface area contributed by atoms with E-state index in [-0.39, 0.29) is 19.0 Å². The summed E-state index contributed by atoms with van der Waals surface area (Å²) in [6.07, 6.45) is 7.71. The molecule has 4 nitrogen and oxygen atoms in total. The summed E-state index contributed by atoms with van der Waals surface area (Å²) in [7, 11) is 0. The average Bonchev–Trinajstić information content (AvgIpc) is 2.79. The van der Waals surface area contributed by atoms with Gasteiger partial charge in [-0.25, -0.2) is 0 Å². The Kier molecular flexibility index (Phi) is 4.59. The summed E-state index contributed by atoms with van der Waals surface area (Å²) >= 11 is 0. The summed E-state index contributed by atoms with van der Waals surface area (Å²) in [6, 6.07) is 0. The first kappa shape index (κ1) is 12.6. The van der Waals surface area contributed by atoms with E-state index in [1.807, 2.05) is 6.08 Å². The zero-order valence-electron chi connectivity index (χ0n) is 9.97. The van der Waals surface area contributed by atoms with Crippen molar-refractivity contribution in [3.05, 3.63) is 23.5 Å². The molecule has 2 N–H and O–H groups in total. The Morgan fingerprint density at radius 2 is 2.12 bits per heavy atom. The standard InChI is InChI=1S/C13H20O4/c14-8-2-1-3-12-9-16-13(17-12)10-4-6-11(15)7-5-10/h4,6,12-15H,1-3,5,7-9H2. The first-order valence-electron chi connectivity index (χ1n) is 6.26. The molecule has 1 aliphatic heterocycles. The topological polar surface area (TPSA) is 58.9 Å². The molecule has 2 aliphatic rings. The highest BCUT2D eigenvalue weighted by Crippen LogP contribution is 2.27. The molecule has 4 heteroatoms. The van der Waals surface area contributed by atoms with Crippen molar-refractivity contribution in [2.24, 2.45) is 0 Å². The largest absolute Gasteiger partial charge is 0.512 e. The van der Waals surface area contributed by atoms with Crippen molar-refractivity contribution in [3.63, 3.8) is 0 Å². The molecule has 0 saturated carbocycles. The summed E-state index contributed by atoms with van der Waals surface area (Å²) in [5.41, 5.74) is 1.10. The molecule has 2 rings (SSSR count). The van der Waals surface area contributed by atoms with Crippen molar-refractivity contribution in [2.75, 3.05) is 13.2 Å². The molecule has 0 aromatic rings. The Labute approximate surface area is 102 Å². The molecular formula is C13H20O4. The molecule has 1 heterocycles. The van der Waals surface area contributed by atoms with Gasteiger partial charge in [0.2, 0.25) is 0 Å². The lowest BCUT2D eigenvalue weighted by molar-refractivity contribution is -0.0325. The quantitative estimate of drug-likeness (QED) is 0.722. The van der Waals surface area contributed by atoms with E-state index in [1.54, 1.807) is 6.08 Å². The van der Waals surface area contributed by atoms with Gasteiger partial charge in [0, 0.05) is 13.0 Å². The highest BCUT2D eigenvalue weighted by molar-refractivity contribution is 5.22. The number of aliphatic hydroxyl groups is 2. The number of hydrogen-bond acceptors (Lipinski definition) is 4. The monoisotopic (exact) mass is 240 g/mol. The normalized spacial score (nSPS) is 29.0. The number of allylic oxidation sites excluding steroid dienone is 3. The van der Waals surface area contributed by atoms with Gasteiger partial charge in [0.1, 0.15) is 0 Å². The number of aliphatic hydroxyl groups excluding tert-OH is 2. The Bertz CT molecular complexity index is 309. The molecule has 0 radical (unpaired) electrons. The van der Waals surface area contributed by atoms with Crippen LogP contribution in [0, 0.1) is 0 Å². The summed E-state index contributed by atoms with van der Waals surface area (Å²) in [4.78, 5) is 0. The van der Waals surface area contributed by atoms with Gasteiger partial charge in [-0.2, -0.15) is 0 Å². The van der Waals surface area contributed by atoms with Crippen LogP contribution in [0.15, 0.2) is 23.5 Å². The molecule has 0 aromatic heterocycles. The van der Waals surface area contributed by atoms with Gasteiger partial charge in [0.05, 0.1) is 18.5 Å². The lowest BCUT2D eigenvalue weighted by Crippen LogP contribution is -2.15. The number of hydrogen-bond donors (Lipinski definition) is 2. The second kappa shape index (κ2) is 6.19. The lowest BCUT2D eigenvalue weighted by Gasteiger charge is -2.17. The molecule has 2 unspecified atom stereocenters. The Hall–Kier alpha value is -0.840. The van der Waals surface area contributed by atoms with Crippen LogP contribution < -0.4 is 0 Å². The number of unbranched alkanes of at least 4 members (excludes halogenated alkanes) is 1. The summed E-state index contributed by atoms with van der Waals surface area (Å²) in [5.74, 6) is 0.422. The van der Waals surface area contributed by atoms with Crippen LogP contribution in [0.3, 0.4) is 0 Å². The van der Waals surface area contributed by atoms with Crippen LogP contribution in [0.25, 0.3) is 0 Å². The van der Waals surface area contributed by atoms with E-state index in [4.69, 9.17) is 14.6 Å². The molecule has 1 fully saturated rings. The van der Waals surface area contributed by atoms with E-state index in [1.165, 1.54) is 0 Å². The third-order valence-electron chi connectivity index (χ3n) is 3.15. The van der Waals surface area contributed by atoms with Gasteiger partial charge < -0.3 is 19.7 Å². The second-order valence-corrected chi connectivity index (χ2v) is 4.54. The van der Waals surface area contributed by atoms with Gasteiger partial charge in [-0.15, -0.1) is 0 Å². The first-order valence-corrected chi connectivity index (χ1v) is 6.26. The summed E-state index contributed by atoms with van der Waals surface area (Å²) in [6.45, 7) is 0.870. The third-order valence-corrected chi connectivity index (χ3v) is 3.15. The molecule has 2 atom stereocenters. The molecule has 0 amide bonds. The van der Waals surface area contributed by atoms with E-state index in [0.29, 0.717) is 18.8 Å². The number of ether oxygens (including phenoxy) is 2. The fraction of sp³-hybridized carbons (Fsp3) is 0.692. The minimum Gasteiger partial charge on any atom is -0.512 e. The minimum absolute atomic E-state index is 0.145. The zero-order valence-corrected chi connectivity index (χ0v) is 9.97. The molecule has 1 aliphatic carbocycles. The van der Waals surface area contributed by atoms with Crippen molar-refractivity contribution in [1.82, 2.24) is 0 Å². The second-order valence-electron chi connectivity index (χ2n) is 4.54. The predicted molar refractivity (Wildman–Crippen MR) is 63.6 cm³/mol. The molecule has 1 saturated heterocycles. The van der Waals surface area contributed by atoms with Gasteiger partial charge >= 0.3 is 0 Å². The van der Waals surface area contributed by atoms with Crippen molar-refractivity contribution >= 4 is 0 Å². The highest BCUT2D eigenvalue weighted by atomic mass is 16.7. The van der Waals surface area contributed by atoms with Gasteiger partial charge in [-0.1, -0.05) is 6.08 Å². The Balaban J connectivity index is 1.78. The smallest absolute Gasteiger partial charge is 0.180 e. The van der Waals surface area contributed by atoms with Gasteiger partial charge in [0.25, 0.3) is 0 Å². The molecule has 0 aromatic carbocycles. The van der Waals surface area contributed by atoms with Crippen LogP contribution in [-0.4, -0.2) is 35.8 Å². The Morgan fingerprint density at radius 3 is 2.82 bits per heavy atom. The van der Waals surface area contributed by atoms with Crippen LogP contribution in [0.4, 0.5) is 0 Å². The minimum atomic E-state index is -0.238. The van der Waals surface area contributed by atoms with Crippen molar-refractivity contribution in [3.8, 4) is 0 Å². The van der Waals surface area contributed by atoms with Gasteiger partial charge in [-0.3, -0.25) is 0 Å². The number of rotatable bonds is 5. The van der Waals surface area contributed by atoms with Gasteiger partial charge in [-0.05, 0) is 37.3 Å². The van der Waals surface area contributed by atoms with Crippen molar-refractivity contribution in [2.45, 2.75) is 44.5 Å². The van der Waals surface area contributed by atoms with Crippen LogP contribution in [0.2, 0.25) is 0 Å². The van der Waals surface area contributed by atoms with Crippen LogP contribution in [-0.2, 0) is 9.47 Å². The predicted octanol–water partition coefficient (Wildman–Crippen LogP) is 2.05. The highest BCUT2D eigenvalue weighted by Gasteiger charge is 2.28. The summed E-state index contributed by atoms with van der Waals surface area (Å²) in [5, 5.41) is 18.0. The van der Waals surface area contributed by atoms with Crippen molar-refractivity contribution in [1.29, 1.82) is 0 Å². The van der Waals surface area contributed by atoms with Gasteiger partial charge in [0.15, 0.2) is 6.29 Å². The van der Waals surface area contributed by atoms with E-state index in [9.17, 15) is 5.11 Å². The first-order chi connectivity index (χ1) is 8.29. The maximum absolute atomic E-state index is 9.28. The van der Waals surface area contributed by atoms with Crippen LogP contribution >= 0.6 is 0 Å². The lowest BCUT2D eigenvalue weighted by atomic mass is 10.0. The maximum atomic E-state index is 9.28. The Morgan fingerprint density at radius 1 is 1.24 bits per heavy atom.